The molecule has 0 amide bonds. The van der Waals surface area contributed by atoms with E-state index >= 15 is 0 Å². The zero-order valence-electron chi connectivity index (χ0n) is 7.57. The number of ether oxygens (including phenoxy) is 1. The molecule has 0 radical (unpaired) electrons. The summed E-state index contributed by atoms with van der Waals surface area (Å²) in [7, 11) is 0. The van der Waals surface area contributed by atoms with Crippen LogP contribution in [0.4, 0.5) is 0 Å². The molecule has 0 N–H and O–H groups in total. The van der Waals surface area contributed by atoms with Crippen LogP contribution in [-0.2, 0) is 9.53 Å². The fourth-order valence-electron chi connectivity index (χ4n) is 1.76. The lowest BCUT2D eigenvalue weighted by molar-refractivity contribution is -0.139. The van der Waals surface area contributed by atoms with Crippen LogP contribution in [-0.4, -0.2) is 12.6 Å². The lowest BCUT2D eigenvalue weighted by Crippen LogP contribution is -2.10. The fraction of sp³-hybridized carbons (Fsp3) is 0.364. The van der Waals surface area contributed by atoms with Gasteiger partial charge in [0.15, 0.2) is 0 Å². The molecule has 0 aromatic heterocycles. The highest BCUT2D eigenvalue weighted by Gasteiger charge is 2.34. The molecule has 1 fully saturated rings. The summed E-state index contributed by atoms with van der Waals surface area (Å²) in [6.07, 6.45) is 0. The highest BCUT2D eigenvalue weighted by Crippen LogP contribution is 2.31. The summed E-state index contributed by atoms with van der Waals surface area (Å²) in [5.41, 5.74) is 1.07. The van der Waals surface area contributed by atoms with Gasteiger partial charge in [-0.2, -0.15) is 0 Å². The molecule has 1 aliphatic heterocycles. The molecule has 1 aliphatic rings. The molecule has 0 spiro atoms. The summed E-state index contributed by atoms with van der Waals surface area (Å²) in [6, 6.07) is 9.82. The van der Waals surface area contributed by atoms with E-state index in [1.807, 2.05) is 37.3 Å². The molecule has 13 heavy (non-hydrogen) atoms. The monoisotopic (exact) mass is 176 g/mol. The third-order valence-corrected chi connectivity index (χ3v) is 2.47. The third-order valence-electron chi connectivity index (χ3n) is 2.47. The standard InChI is InChI=1S/C11H12O2/c1-8-7-13-11(12)10(8)9-5-3-2-4-6-9/h2-6,8,10H,7H2,1H3/t8-,10+/m1/s1. The van der Waals surface area contributed by atoms with Crippen LogP contribution in [0.5, 0.6) is 0 Å². The molecule has 2 heteroatoms. The van der Waals surface area contributed by atoms with Gasteiger partial charge in [-0.15, -0.1) is 0 Å². The molecule has 2 atom stereocenters. The molecule has 0 bridgehead atoms. The van der Waals surface area contributed by atoms with E-state index < -0.39 is 0 Å². The van der Waals surface area contributed by atoms with Crippen molar-refractivity contribution in [1.29, 1.82) is 0 Å². The predicted octanol–water partition coefficient (Wildman–Crippen LogP) is 1.96. The number of esters is 1. The Kier molecular flexibility index (Phi) is 2.05. The molecule has 2 rings (SSSR count). The number of carbonyl (C=O) groups excluding carboxylic acids is 1. The van der Waals surface area contributed by atoms with Crippen molar-refractivity contribution >= 4 is 5.97 Å². The van der Waals surface area contributed by atoms with Crippen molar-refractivity contribution in [3.63, 3.8) is 0 Å². The van der Waals surface area contributed by atoms with E-state index in [0.717, 1.165) is 5.56 Å². The second kappa shape index (κ2) is 3.21. The molecule has 1 heterocycles. The van der Waals surface area contributed by atoms with Crippen LogP contribution in [0, 0.1) is 5.92 Å². The smallest absolute Gasteiger partial charge is 0.313 e. The summed E-state index contributed by atoms with van der Waals surface area (Å²) >= 11 is 0. The zero-order chi connectivity index (χ0) is 9.26. The second-order valence-corrected chi connectivity index (χ2v) is 3.50. The number of carbonyl (C=O) groups is 1. The minimum atomic E-state index is -0.0845. The predicted molar refractivity (Wildman–Crippen MR) is 49.3 cm³/mol. The van der Waals surface area contributed by atoms with Gasteiger partial charge in [0.2, 0.25) is 0 Å². The van der Waals surface area contributed by atoms with Gasteiger partial charge in [-0.25, -0.2) is 0 Å². The Morgan fingerprint density at radius 2 is 2.00 bits per heavy atom. The van der Waals surface area contributed by atoms with Gasteiger partial charge in [0, 0.05) is 5.92 Å². The Morgan fingerprint density at radius 1 is 1.31 bits per heavy atom. The van der Waals surface area contributed by atoms with Crippen LogP contribution in [0.2, 0.25) is 0 Å². The first-order valence-electron chi connectivity index (χ1n) is 4.50. The van der Waals surface area contributed by atoms with Crippen LogP contribution in [0.25, 0.3) is 0 Å². The van der Waals surface area contributed by atoms with Crippen molar-refractivity contribution < 1.29 is 9.53 Å². The summed E-state index contributed by atoms with van der Waals surface area (Å²) in [5, 5.41) is 0. The molecule has 68 valence electrons. The second-order valence-electron chi connectivity index (χ2n) is 3.50. The van der Waals surface area contributed by atoms with Crippen LogP contribution in [0.3, 0.4) is 0 Å². The zero-order valence-corrected chi connectivity index (χ0v) is 7.57. The van der Waals surface area contributed by atoms with Gasteiger partial charge in [0.25, 0.3) is 0 Å². The minimum Gasteiger partial charge on any atom is -0.465 e. The van der Waals surface area contributed by atoms with Crippen LogP contribution in [0.15, 0.2) is 30.3 Å². The van der Waals surface area contributed by atoms with E-state index in [1.54, 1.807) is 0 Å². The molecule has 1 aromatic rings. The minimum absolute atomic E-state index is 0.0544. The van der Waals surface area contributed by atoms with Crippen LogP contribution >= 0.6 is 0 Å². The lowest BCUT2D eigenvalue weighted by Gasteiger charge is -2.09. The average Bonchev–Trinajstić information content (AvgIpc) is 2.48. The number of benzene rings is 1. The van der Waals surface area contributed by atoms with Crippen molar-refractivity contribution in [2.45, 2.75) is 12.8 Å². The topological polar surface area (TPSA) is 26.3 Å². The maximum absolute atomic E-state index is 11.4. The summed E-state index contributed by atoms with van der Waals surface area (Å²) in [5.74, 6) is 0.162. The SMILES string of the molecule is C[C@@H]1COC(=O)[C@@H]1c1ccccc1. The number of cyclic esters (lactones) is 1. The van der Waals surface area contributed by atoms with Crippen molar-refractivity contribution in [3.8, 4) is 0 Å². The first kappa shape index (κ1) is 8.30. The van der Waals surface area contributed by atoms with E-state index in [1.165, 1.54) is 0 Å². The van der Waals surface area contributed by atoms with E-state index in [9.17, 15) is 4.79 Å². The number of hydrogen-bond acceptors (Lipinski definition) is 2. The Balaban J connectivity index is 2.30. The van der Waals surface area contributed by atoms with E-state index in [0.29, 0.717) is 12.5 Å². The maximum Gasteiger partial charge on any atom is 0.313 e. The molecule has 2 nitrogen and oxygen atoms in total. The van der Waals surface area contributed by atoms with Gasteiger partial charge in [-0.05, 0) is 5.56 Å². The van der Waals surface area contributed by atoms with Gasteiger partial charge >= 0.3 is 5.97 Å². The molecule has 0 saturated carbocycles. The molecule has 0 unspecified atom stereocenters. The molecular weight excluding hydrogens is 164 g/mol. The lowest BCUT2D eigenvalue weighted by atomic mass is 9.90. The van der Waals surface area contributed by atoms with Crippen molar-refractivity contribution in [2.24, 2.45) is 5.92 Å². The van der Waals surface area contributed by atoms with Crippen LogP contribution < -0.4 is 0 Å². The largest absolute Gasteiger partial charge is 0.465 e. The van der Waals surface area contributed by atoms with Gasteiger partial charge in [-0.1, -0.05) is 37.3 Å². The quantitative estimate of drug-likeness (QED) is 0.611. The number of hydrogen-bond donors (Lipinski definition) is 0. The number of rotatable bonds is 1. The van der Waals surface area contributed by atoms with E-state index in [2.05, 4.69) is 0 Å². The molecular formula is C11H12O2. The molecule has 1 saturated heterocycles. The average molecular weight is 176 g/mol. The normalized spacial score (nSPS) is 27.3. The summed E-state index contributed by atoms with van der Waals surface area (Å²) in [4.78, 5) is 11.4. The Labute approximate surface area is 77.5 Å². The first-order valence-corrected chi connectivity index (χ1v) is 4.50. The molecule has 0 aliphatic carbocycles. The first-order chi connectivity index (χ1) is 6.29. The summed E-state index contributed by atoms with van der Waals surface area (Å²) in [6.45, 7) is 2.60. The van der Waals surface area contributed by atoms with E-state index in [4.69, 9.17) is 4.74 Å². The van der Waals surface area contributed by atoms with Crippen LogP contribution in [0.1, 0.15) is 18.4 Å². The summed E-state index contributed by atoms with van der Waals surface area (Å²) < 4.78 is 4.99. The van der Waals surface area contributed by atoms with Gasteiger partial charge in [0.05, 0.1) is 12.5 Å². The third kappa shape index (κ3) is 1.44. The highest BCUT2D eigenvalue weighted by molar-refractivity contribution is 5.80. The highest BCUT2D eigenvalue weighted by atomic mass is 16.5. The Bertz CT molecular complexity index is 305. The van der Waals surface area contributed by atoms with Crippen molar-refractivity contribution in [1.82, 2.24) is 0 Å². The fourth-order valence-corrected chi connectivity index (χ4v) is 1.76. The van der Waals surface area contributed by atoms with Crippen molar-refractivity contribution in [3.05, 3.63) is 35.9 Å². The van der Waals surface area contributed by atoms with Crippen molar-refractivity contribution in [2.75, 3.05) is 6.61 Å². The Morgan fingerprint density at radius 3 is 2.54 bits per heavy atom. The molecule has 1 aromatic carbocycles. The van der Waals surface area contributed by atoms with Gasteiger partial charge in [0.1, 0.15) is 0 Å². The Hall–Kier alpha value is -1.31. The maximum atomic E-state index is 11.4. The van der Waals surface area contributed by atoms with Gasteiger partial charge < -0.3 is 4.74 Å². The van der Waals surface area contributed by atoms with E-state index in [-0.39, 0.29) is 11.9 Å². The van der Waals surface area contributed by atoms with Gasteiger partial charge in [-0.3, -0.25) is 4.79 Å².